The third-order valence-corrected chi connectivity index (χ3v) is 4.66. The number of nitriles is 1. The predicted molar refractivity (Wildman–Crippen MR) is 112 cm³/mol. The second kappa shape index (κ2) is 8.84. The van der Waals surface area contributed by atoms with E-state index in [9.17, 15) is 14.9 Å². The molecule has 0 saturated carbocycles. The third kappa shape index (κ3) is 4.42. The molecular formula is C22H19N5O3. The maximum atomic E-state index is 12.1. The molecule has 0 fully saturated rings. The van der Waals surface area contributed by atoms with Gasteiger partial charge in [-0.1, -0.05) is 18.2 Å². The molecule has 3 rings (SSSR count). The number of benzene rings is 2. The predicted octanol–water partition coefficient (Wildman–Crippen LogP) is 3.57. The van der Waals surface area contributed by atoms with Crippen LogP contribution < -0.4 is 5.43 Å². The van der Waals surface area contributed by atoms with E-state index >= 15 is 0 Å². The summed E-state index contributed by atoms with van der Waals surface area (Å²) in [6.45, 7) is 3.89. The number of aromatic nitrogens is 1. The fraction of sp³-hybridized carbons (Fsp3) is 0.136. The number of carbonyl (C=O) groups is 1. The molecule has 0 aliphatic carbocycles. The van der Waals surface area contributed by atoms with E-state index in [0.29, 0.717) is 11.1 Å². The number of hydrazone groups is 1. The lowest BCUT2D eigenvalue weighted by Crippen LogP contribution is -2.20. The summed E-state index contributed by atoms with van der Waals surface area (Å²) in [6.07, 6.45) is 1.40. The molecule has 0 saturated heterocycles. The van der Waals surface area contributed by atoms with Crippen molar-refractivity contribution in [2.45, 2.75) is 20.3 Å². The first-order valence-electron chi connectivity index (χ1n) is 9.14. The van der Waals surface area contributed by atoms with E-state index < -0.39 is 10.8 Å². The highest BCUT2D eigenvalue weighted by Crippen LogP contribution is 2.20. The van der Waals surface area contributed by atoms with E-state index in [1.54, 1.807) is 36.5 Å². The van der Waals surface area contributed by atoms with Gasteiger partial charge in [0.15, 0.2) is 0 Å². The normalized spacial score (nSPS) is 10.7. The first kappa shape index (κ1) is 20.5. The second-order valence-electron chi connectivity index (χ2n) is 6.68. The molecule has 0 bridgehead atoms. The largest absolute Gasteiger partial charge is 0.318 e. The summed E-state index contributed by atoms with van der Waals surface area (Å²) < 4.78 is 2.03. The van der Waals surface area contributed by atoms with E-state index in [-0.39, 0.29) is 12.1 Å². The number of hydrogen-bond acceptors (Lipinski definition) is 5. The van der Waals surface area contributed by atoms with Crippen molar-refractivity contribution in [1.29, 1.82) is 5.26 Å². The first-order chi connectivity index (χ1) is 14.4. The van der Waals surface area contributed by atoms with Gasteiger partial charge in [0.2, 0.25) is 5.91 Å². The van der Waals surface area contributed by atoms with Gasteiger partial charge in [-0.05, 0) is 44.2 Å². The number of rotatable bonds is 6. The standard InChI is InChI=1S/C22H19N5O3/c1-15-11-19(16(2)26(15)20-9-7-17(13-23)8-10-20)14-24-25-22(28)12-18-5-3-4-6-21(18)27(29)30/h3-11,14H,12H2,1-2H3,(H,25,28)/b24-14+. The van der Waals surface area contributed by atoms with Gasteiger partial charge in [0, 0.05) is 34.3 Å². The van der Waals surface area contributed by atoms with Crippen molar-refractivity contribution < 1.29 is 9.72 Å². The van der Waals surface area contributed by atoms with E-state index in [2.05, 4.69) is 16.6 Å². The number of nitrogens with zero attached hydrogens (tertiary/aromatic N) is 4. The summed E-state index contributed by atoms with van der Waals surface area (Å²) in [4.78, 5) is 22.7. The van der Waals surface area contributed by atoms with Crippen LogP contribution in [-0.4, -0.2) is 21.6 Å². The first-order valence-corrected chi connectivity index (χ1v) is 9.14. The van der Waals surface area contributed by atoms with E-state index in [1.807, 2.05) is 36.6 Å². The fourth-order valence-electron chi connectivity index (χ4n) is 3.23. The van der Waals surface area contributed by atoms with Crippen LogP contribution in [0.15, 0.2) is 59.7 Å². The molecule has 1 heterocycles. The van der Waals surface area contributed by atoms with Gasteiger partial charge in [-0.3, -0.25) is 14.9 Å². The van der Waals surface area contributed by atoms with Crippen molar-refractivity contribution in [3.05, 3.63) is 92.8 Å². The molecule has 30 heavy (non-hydrogen) atoms. The topological polar surface area (TPSA) is 113 Å². The molecular weight excluding hydrogens is 382 g/mol. The molecule has 0 atom stereocenters. The number of nitro groups is 1. The lowest BCUT2D eigenvalue weighted by Gasteiger charge is -2.09. The maximum Gasteiger partial charge on any atom is 0.273 e. The van der Waals surface area contributed by atoms with Crippen molar-refractivity contribution in [3.8, 4) is 11.8 Å². The minimum Gasteiger partial charge on any atom is -0.318 e. The molecule has 1 aromatic heterocycles. The van der Waals surface area contributed by atoms with Gasteiger partial charge in [0.1, 0.15) is 0 Å². The molecule has 2 aromatic carbocycles. The average molecular weight is 401 g/mol. The van der Waals surface area contributed by atoms with Gasteiger partial charge in [-0.25, -0.2) is 5.43 Å². The lowest BCUT2D eigenvalue weighted by atomic mass is 10.1. The summed E-state index contributed by atoms with van der Waals surface area (Å²) in [5.74, 6) is -0.443. The van der Waals surface area contributed by atoms with E-state index in [0.717, 1.165) is 22.6 Å². The molecule has 1 N–H and O–H groups in total. The van der Waals surface area contributed by atoms with Crippen LogP contribution in [0.1, 0.15) is 28.1 Å². The van der Waals surface area contributed by atoms with E-state index in [1.165, 1.54) is 6.07 Å². The summed E-state index contributed by atoms with van der Waals surface area (Å²) >= 11 is 0. The average Bonchev–Trinajstić information content (AvgIpc) is 3.01. The van der Waals surface area contributed by atoms with Crippen LogP contribution in [0.2, 0.25) is 0 Å². The SMILES string of the molecule is Cc1cc(/C=N/NC(=O)Cc2ccccc2[N+](=O)[O-])c(C)n1-c1ccc(C#N)cc1. The van der Waals surface area contributed by atoms with Gasteiger partial charge in [-0.2, -0.15) is 10.4 Å². The number of para-hydroxylation sites is 1. The fourth-order valence-corrected chi connectivity index (χ4v) is 3.23. The second-order valence-corrected chi connectivity index (χ2v) is 6.68. The van der Waals surface area contributed by atoms with Crippen LogP contribution in [0.4, 0.5) is 5.69 Å². The van der Waals surface area contributed by atoms with Gasteiger partial charge >= 0.3 is 0 Å². The molecule has 0 spiro atoms. The Morgan fingerprint density at radius 3 is 2.60 bits per heavy atom. The van der Waals surface area contributed by atoms with Crippen LogP contribution >= 0.6 is 0 Å². The smallest absolute Gasteiger partial charge is 0.273 e. The number of hydrogen-bond donors (Lipinski definition) is 1. The highest BCUT2D eigenvalue weighted by molar-refractivity contribution is 5.85. The van der Waals surface area contributed by atoms with Gasteiger partial charge in [0.05, 0.1) is 29.2 Å². The van der Waals surface area contributed by atoms with Crippen molar-refractivity contribution in [2.24, 2.45) is 5.10 Å². The number of amides is 1. The molecule has 0 radical (unpaired) electrons. The monoisotopic (exact) mass is 401 g/mol. The Bertz CT molecular complexity index is 1170. The Morgan fingerprint density at radius 1 is 1.23 bits per heavy atom. The Kier molecular flexibility index (Phi) is 6.03. The van der Waals surface area contributed by atoms with Gasteiger partial charge < -0.3 is 4.57 Å². The highest BCUT2D eigenvalue weighted by Gasteiger charge is 2.15. The maximum absolute atomic E-state index is 12.1. The third-order valence-electron chi connectivity index (χ3n) is 4.66. The van der Waals surface area contributed by atoms with Crippen molar-refractivity contribution >= 4 is 17.8 Å². The molecule has 8 nitrogen and oxygen atoms in total. The summed E-state index contributed by atoms with van der Waals surface area (Å²) in [5, 5.41) is 24.0. The quantitative estimate of drug-likeness (QED) is 0.386. The van der Waals surface area contributed by atoms with Crippen LogP contribution in [-0.2, 0) is 11.2 Å². The zero-order valence-electron chi connectivity index (χ0n) is 16.5. The Hall–Kier alpha value is -4.25. The Labute approximate surface area is 173 Å². The number of nitro benzene ring substituents is 1. The van der Waals surface area contributed by atoms with Gasteiger partial charge in [0.25, 0.3) is 5.69 Å². The zero-order chi connectivity index (χ0) is 21.7. The minimum absolute atomic E-state index is 0.0948. The molecule has 1 amide bonds. The Balaban J connectivity index is 1.72. The molecule has 150 valence electrons. The molecule has 8 heteroatoms. The summed E-state index contributed by atoms with van der Waals surface area (Å²) in [7, 11) is 0. The van der Waals surface area contributed by atoms with Gasteiger partial charge in [-0.15, -0.1) is 0 Å². The van der Waals surface area contributed by atoms with Crippen molar-refractivity contribution in [1.82, 2.24) is 9.99 Å². The van der Waals surface area contributed by atoms with Crippen LogP contribution in [0, 0.1) is 35.3 Å². The molecule has 0 aliphatic rings. The summed E-state index contributed by atoms with van der Waals surface area (Å²) in [6, 6.07) is 17.4. The van der Waals surface area contributed by atoms with Crippen LogP contribution in [0.25, 0.3) is 5.69 Å². The molecule has 0 unspecified atom stereocenters. The van der Waals surface area contributed by atoms with Crippen molar-refractivity contribution in [3.63, 3.8) is 0 Å². The van der Waals surface area contributed by atoms with Crippen LogP contribution in [0.5, 0.6) is 0 Å². The number of aryl methyl sites for hydroxylation is 1. The van der Waals surface area contributed by atoms with Crippen molar-refractivity contribution in [2.75, 3.05) is 0 Å². The minimum atomic E-state index is -0.510. The summed E-state index contributed by atoms with van der Waals surface area (Å²) in [5.41, 5.74) is 6.88. The Morgan fingerprint density at radius 2 is 1.93 bits per heavy atom. The lowest BCUT2D eigenvalue weighted by molar-refractivity contribution is -0.385. The molecule has 3 aromatic rings. The highest BCUT2D eigenvalue weighted by atomic mass is 16.6. The number of carbonyl (C=O) groups excluding carboxylic acids is 1. The zero-order valence-corrected chi connectivity index (χ0v) is 16.5. The molecule has 0 aliphatic heterocycles. The number of nitrogens with one attached hydrogen (secondary N) is 1. The van der Waals surface area contributed by atoms with E-state index in [4.69, 9.17) is 5.26 Å². The van der Waals surface area contributed by atoms with Crippen LogP contribution in [0.3, 0.4) is 0 Å².